The van der Waals surface area contributed by atoms with Crippen LogP contribution in [0.15, 0.2) is 48.5 Å². The molecule has 0 atom stereocenters. The van der Waals surface area contributed by atoms with Crippen LogP contribution in [0.5, 0.6) is 0 Å². The minimum Gasteiger partial charge on any atom is -0.313 e. The molecular weight excluding hydrogens is 254 g/mol. The molecule has 2 aromatic carbocycles. The molecule has 0 aliphatic carbocycles. The first-order chi connectivity index (χ1) is 10.0. The standard InChI is InChI=1S/C20H27N/c1-5-14-21-15-17-8-6-7-9-19(17)16-10-12-18(13-11-16)20(2,3)4/h6-13,21H,5,14-15H2,1-4H3. The van der Waals surface area contributed by atoms with E-state index in [2.05, 4.69) is 81.5 Å². The first kappa shape index (κ1) is 15.8. The van der Waals surface area contributed by atoms with Crippen molar-refractivity contribution in [2.24, 2.45) is 0 Å². The Morgan fingerprint density at radius 3 is 2.19 bits per heavy atom. The predicted octanol–water partition coefficient (Wildman–Crippen LogP) is 5.15. The summed E-state index contributed by atoms with van der Waals surface area (Å²) in [6, 6.07) is 17.7. The van der Waals surface area contributed by atoms with Gasteiger partial charge in [0.25, 0.3) is 0 Å². The Morgan fingerprint density at radius 1 is 0.905 bits per heavy atom. The Morgan fingerprint density at radius 2 is 1.57 bits per heavy atom. The number of hydrogen-bond donors (Lipinski definition) is 1. The molecule has 0 heterocycles. The molecule has 0 fully saturated rings. The summed E-state index contributed by atoms with van der Waals surface area (Å²) in [7, 11) is 0. The highest BCUT2D eigenvalue weighted by molar-refractivity contribution is 5.67. The summed E-state index contributed by atoms with van der Waals surface area (Å²) >= 11 is 0. The van der Waals surface area contributed by atoms with Crippen LogP contribution in [0.3, 0.4) is 0 Å². The van der Waals surface area contributed by atoms with Crippen LogP contribution in [0.2, 0.25) is 0 Å². The Balaban J connectivity index is 2.25. The topological polar surface area (TPSA) is 12.0 Å². The summed E-state index contributed by atoms with van der Waals surface area (Å²) in [5, 5.41) is 3.50. The zero-order chi connectivity index (χ0) is 15.3. The summed E-state index contributed by atoms with van der Waals surface area (Å²) < 4.78 is 0. The first-order valence-corrected chi connectivity index (χ1v) is 7.92. The van der Waals surface area contributed by atoms with Crippen molar-refractivity contribution in [3.05, 3.63) is 59.7 Å². The number of hydrogen-bond acceptors (Lipinski definition) is 1. The second-order valence-corrected chi connectivity index (χ2v) is 6.66. The highest BCUT2D eigenvalue weighted by atomic mass is 14.8. The zero-order valence-corrected chi connectivity index (χ0v) is 13.7. The van der Waals surface area contributed by atoms with Gasteiger partial charge in [-0.1, -0.05) is 76.2 Å². The van der Waals surface area contributed by atoms with Gasteiger partial charge in [-0.05, 0) is 40.6 Å². The van der Waals surface area contributed by atoms with Gasteiger partial charge in [-0.2, -0.15) is 0 Å². The molecule has 0 aromatic heterocycles. The maximum atomic E-state index is 3.50. The Bertz CT molecular complexity index is 561. The van der Waals surface area contributed by atoms with Crippen LogP contribution in [-0.2, 0) is 12.0 Å². The van der Waals surface area contributed by atoms with Gasteiger partial charge in [0, 0.05) is 6.54 Å². The predicted molar refractivity (Wildman–Crippen MR) is 92.6 cm³/mol. The van der Waals surface area contributed by atoms with Gasteiger partial charge in [0.15, 0.2) is 0 Å². The Labute approximate surface area is 129 Å². The maximum Gasteiger partial charge on any atom is 0.0211 e. The van der Waals surface area contributed by atoms with Crippen LogP contribution in [0.1, 0.15) is 45.2 Å². The van der Waals surface area contributed by atoms with Crippen LogP contribution in [0.25, 0.3) is 11.1 Å². The third kappa shape index (κ3) is 4.18. The molecule has 112 valence electrons. The van der Waals surface area contributed by atoms with Gasteiger partial charge in [0.2, 0.25) is 0 Å². The molecule has 0 saturated heterocycles. The van der Waals surface area contributed by atoms with Gasteiger partial charge in [-0.15, -0.1) is 0 Å². The lowest BCUT2D eigenvalue weighted by atomic mass is 9.86. The fourth-order valence-corrected chi connectivity index (χ4v) is 2.51. The summed E-state index contributed by atoms with van der Waals surface area (Å²) in [4.78, 5) is 0. The first-order valence-electron chi connectivity index (χ1n) is 7.92. The maximum absolute atomic E-state index is 3.50. The molecule has 0 aliphatic heterocycles. The second kappa shape index (κ2) is 6.91. The van der Waals surface area contributed by atoms with Gasteiger partial charge in [-0.3, -0.25) is 0 Å². The SMILES string of the molecule is CCCNCc1ccccc1-c1ccc(C(C)(C)C)cc1. The van der Waals surface area contributed by atoms with Crippen molar-refractivity contribution in [1.29, 1.82) is 0 Å². The number of rotatable bonds is 5. The summed E-state index contributed by atoms with van der Waals surface area (Å²) in [6.07, 6.45) is 1.17. The van der Waals surface area contributed by atoms with Crippen LogP contribution < -0.4 is 5.32 Å². The van der Waals surface area contributed by atoms with E-state index >= 15 is 0 Å². The van der Waals surface area contributed by atoms with Crippen LogP contribution >= 0.6 is 0 Å². The molecule has 0 amide bonds. The summed E-state index contributed by atoms with van der Waals surface area (Å²) in [6.45, 7) is 11.0. The van der Waals surface area contributed by atoms with Crippen molar-refractivity contribution in [2.75, 3.05) is 6.54 Å². The molecule has 1 nitrogen and oxygen atoms in total. The van der Waals surface area contributed by atoms with E-state index in [1.165, 1.54) is 28.7 Å². The monoisotopic (exact) mass is 281 g/mol. The molecule has 0 bridgehead atoms. The molecule has 0 saturated carbocycles. The molecule has 0 unspecified atom stereocenters. The average Bonchev–Trinajstić information content (AvgIpc) is 2.47. The smallest absolute Gasteiger partial charge is 0.0211 e. The second-order valence-electron chi connectivity index (χ2n) is 6.66. The van der Waals surface area contributed by atoms with Crippen LogP contribution in [0.4, 0.5) is 0 Å². The Kier molecular flexibility index (Phi) is 5.19. The van der Waals surface area contributed by atoms with E-state index < -0.39 is 0 Å². The van der Waals surface area contributed by atoms with Crippen molar-refractivity contribution in [3.63, 3.8) is 0 Å². The lowest BCUT2D eigenvalue weighted by Gasteiger charge is -2.19. The van der Waals surface area contributed by atoms with Crippen molar-refractivity contribution in [1.82, 2.24) is 5.32 Å². The molecule has 21 heavy (non-hydrogen) atoms. The number of nitrogens with one attached hydrogen (secondary N) is 1. The van der Waals surface area contributed by atoms with Crippen molar-refractivity contribution >= 4 is 0 Å². The lowest BCUT2D eigenvalue weighted by molar-refractivity contribution is 0.590. The molecule has 1 heteroatoms. The highest BCUT2D eigenvalue weighted by Gasteiger charge is 2.13. The van der Waals surface area contributed by atoms with E-state index in [0.717, 1.165) is 13.1 Å². The van der Waals surface area contributed by atoms with Gasteiger partial charge in [-0.25, -0.2) is 0 Å². The van der Waals surface area contributed by atoms with E-state index in [4.69, 9.17) is 0 Å². The van der Waals surface area contributed by atoms with Gasteiger partial charge in [0.05, 0.1) is 0 Å². The van der Waals surface area contributed by atoms with Gasteiger partial charge >= 0.3 is 0 Å². The lowest BCUT2D eigenvalue weighted by Crippen LogP contribution is -2.14. The average molecular weight is 281 g/mol. The Hall–Kier alpha value is -1.60. The highest BCUT2D eigenvalue weighted by Crippen LogP contribution is 2.28. The molecule has 2 aromatic rings. The van der Waals surface area contributed by atoms with E-state index in [1.807, 2.05) is 0 Å². The minimum absolute atomic E-state index is 0.209. The molecular formula is C20H27N. The van der Waals surface area contributed by atoms with E-state index in [-0.39, 0.29) is 5.41 Å². The van der Waals surface area contributed by atoms with Crippen molar-refractivity contribution in [3.8, 4) is 11.1 Å². The van der Waals surface area contributed by atoms with Crippen molar-refractivity contribution in [2.45, 2.75) is 46.1 Å². The van der Waals surface area contributed by atoms with Crippen LogP contribution in [0, 0.1) is 0 Å². The molecule has 0 radical (unpaired) electrons. The third-order valence-corrected chi connectivity index (χ3v) is 3.82. The van der Waals surface area contributed by atoms with E-state index in [0.29, 0.717) is 0 Å². The van der Waals surface area contributed by atoms with E-state index in [1.54, 1.807) is 0 Å². The fourth-order valence-electron chi connectivity index (χ4n) is 2.51. The molecule has 0 aliphatic rings. The van der Waals surface area contributed by atoms with E-state index in [9.17, 15) is 0 Å². The van der Waals surface area contributed by atoms with Crippen molar-refractivity contribution < 1.29 is 0 Å². The van der Waals surface area contributed by atoms with Gasteiger partial charge in [0.1, 0.15) is 0 Å². The normalized spacial score (nSPS) is 11.6. The molecule has 2 rings (SSSR count). The number of benzene rings is 2. The quantitative estimate of drug-likeness (QED) is 0.747. The molecule has 0 spiro atoms. The van der Waals surface area contributed by atoms with Gasteiger partial charge < -0.3 is 5.32 Å². The zero-order valence-electron chi connectivity index (χ0n) is 13.7. The fraction of sp³-hybridized carbons (Fsp3) is 0.400. The summed E-state index contributed by atoms with van der Waals surface area (Å²) in [5.41, 5.74) is 5.60. The minimum atomic E-state index is 0.209. The summed E-state index contributed by atoms with van der Waals surface area (Å²) in [5.74, 6) is 0. The molecule has 1 N–H and O–H groups in total. The largest absolute Gasteiger partial charge is 0.313 e. The third-order valence-electron chi connectivity index (χ3n) is 3.82. The van der Waals surface area contributed by atoms with Crippen LogP contribution in [-0.4, -0.2) is 6.54 Å².